The summed E-state index contributed by atoms with van der Waals surface area (Å²) in [6.45, 7) is 0. The summed E-state index contributed by atoms with van der Waals surface area (Å²) in [6, 6.07) is 15.2. The molecule has 104 valence electrons. The highest BCUT2D eigenvalue weighted by Crippen LogP contribution is 2.29. The van der Waals surface area contributed by atoms with Crippen LogP contribution in [0, 0.1) is 0 Å². The van der Waals surface area contributed by atoms with Gasteiger partial charge in [0.2, 0.25) is 0 Å². The first-order valence-electron chi connectivity index (χ1n) is 6.25. The molecule has 5 heteroatoms. The van der Waals surface area contributed by atoms with Crippen molar-refractivity contribution in [3.8, 4) is 11.5 Å². The molecule has 0 spiro atoms. The van der Waals surface area contributed by atoms with Crippen molar-refractivity contribution >= 4 is 44.0 Å². The normalized spacial score (nSPS) is 10.5. The van der Waals surface area contributed by atoms with E-state index < -0.39 is 0 Å². The molecule has 2 aromatic carbocycles. The van der Waals surface area contributed by atoms with Gasteiger partial charge in [0.25, 0.3) is 0 Å². The Morgan fingerprint density at radius 3 is 2.81 bits per heavy atom. The minimum atomic E-state index is 0.296. The Hall–Kier alpha value is -1.98. The minimum absolute atomic E-state index is 0.296. The highest BCUT2D eigenvalue weighted by Gasteiger charge is 2.09. The maximum atomic E-state index is 5.91. The number of halogens is 1. The maximum absolute atomic E-state index is 5.91. The topological polar surface area (TPSA) is 48.1 Å². The Bertz CT molecular complexity index is 835. The van der Waals surface area contributed by atoms with Crippen molar-refractivity contribution in [1.29, 1.82) is 0 Å². The molecule has 3 rings (SSSR count). The lowest BCUT2D eigenvalue weighted by Crippen LogP contribution is -2.10. The molecule has 0 aliphatic carbocycles. The van der Waals surface area contributed by atoms with Crippen molar-refractivity contribution in [2.75, 3.05) is 0 Å². The van der Waals surface area contributed by atoms with Crippen molar-refractivity contribution < 1.29 is 4.74 Å². The fourth-order valence-corrected chi connectivity index (χ4v) is 2.54. The number of aromatic nitrogens is 1. The summed E-state index contributed by atoms with van der Waals surface area (Å²) in [6.07, 6.45) is 1.76. The van der Waals surface area contributed by atoms with Crippen LogP contribution in [0.25, 0.3) is 10.9 Å². The second kappa shape index (κ2) is 5.79. The van der Waals surface area contributed by atoms with E-state index in [1.165, 1.54) is 0 Å². The van der Waals surface area contributed by atoms with Crippen LogP contribution in [0.4, 0.5) is 0 Å². The third kappa shape index (κ3) is 3.04. The number of hydrogen-bond acceptors (Lipinski definition) is 3. The van der Waals surface area contributed by atoms with E-state index in [0.717, 1.165) is 15.4 Å². The van der Waals surface area contributed by atoms with E-state index in [1.807, 2.05) is 48.5 Å². The first-order chi connectivity index (χ1) is 10.1. The average Bonchev–Trinajstić information content (AvgIpc) is 2.49. The van der Waals surface area contributed by atoms with Gasteiger partial charge >= 0.3 is 0 Å². The molecular formula is C16H11BrN2OS. The third-order valence-electron chi connectivity index (χ3n) is 3.01. The molecule has 0 fully saturated rings. The second-order valence-electron chi connectivity index (χ2n) is 4.46. The molecule has 0 unspecified atom stereocenters. The van der Waals surface area contributed by atoms with Gasteiger partial charge in [0.05, 0.1) is 11.1 Å². The smallest absolute Gasteiger partial charge is 0.137 e. The zero-order chi connectivity index (χ0) is 14.8. The Morgan fingerprint density at radius 1 is 1.14 bits per heavy atom. The first-order valence-corrected chi connectivity index (χ1v) is 7.45. The number of thiocarbonyl (C=S) groups is 1. The Morgan fingerprint density at radius 2 is 2.00 bits per heavy atom. The molecule has 0 bridgehead atoms. The van der Waals surface area contributed by atoms with E-state index in [9.17, 15) is 0 Å². The number of rotatable bonds is 3. The van der Waals surface area contributed by atoms with Gasteiger partial charge in [-0.25, -0.2) is 0 Å². The van der Waals surface area contributed by atoms with Crippen LogP contribution in [-0.4, -0.2) is 9.97 Å². The van der Waals surface area contributed by atoms with Crippen LogP contribution in [-0.2, 0) is 0 Å². The molecule has 0 amide bonds. The number of ether oxygens (including phenoxy) is 1. The fraction of sp³-hybridized carbons (Fsp3) is 0. The molecule has 0 aliphatic heterocycles. The largest absolute Gasteiger partial charge is 0.457 e. The number of nitrogens with zero attached hydrogens (tertiary/aromatic N) is 1. The standard InChI is InChI=1S/C16H11BrN2OS/c17-11-4-6-15(13(8-11)16(18)21)20-12-5-3-10-2-1-7-19-14(10)9-12/h1-9H,(H2,18,21). The van der Waals surface area contributed by atoms with E-state index in [2.05, 4.69) is 20.9 Å². The van der Waals surface area contributed by atoms with Crippen LogP contribution < -0.4 is 10.5 Å². The van der Waals surface area contributed by atoms with Crippen LogP contribution in [0.3, 0.4) is 0 Å². The number of hydrogen-bond donors (Lipinski definition) is 1. The molecular weight excluding hydrogens is 348 g/mol. The van der Waals surface area contributed by atoms with Gasteiger partial charge in [-0.05, 0) is 36.4 Å². The predicted octanol–water partition coefficient (Wildman–Crippen LogP) is 4.42. The van der Waals surface area contributed by atoms with E-state index in [-0.39, 0.29) is 0 Å². The Kier molecular flexibility index (Phi) is 3.86. The van der Waals surface area contributed by atoms with E-state index in [4.69, 9.17) is 22.7 Å². The summed E-state index contributed by atoms with van der Waals surface area (Å²) in [4.78, 5) is 4.61. The van der Waals surface area contributed by atoms with Gasteiger partial charge < -0.3 is 10.5 Å². The molecule has 0 aliphatic rings. The van der Waals surface area contributed by atoms with Gasteiger partial charge in [-0.15, -0.1) is 0 Å². The molecule has 0 saturated carbocycles. The van der Waals surface area contributed by atoms with Crippen molar-refractivity contribution in [1.82, 2.24) is 4.98 Å². The minimum Gasteiger partial charge on any atom is -0.457 e. The zero-order valence-electron chi connectivity index (χ0n) is 10.9. The van der Waals surface area contributed by atoms with E-state index in [0.29, 0.717) is 22.1 Å². The second-order valence-corrected chi connectivity index (χ2v) is 5.82. The highest BCUT2D eigenvalue weighted by molar-refractivity contribution is 9.10. The third-order valence-corrected chi connectivity index (χ3v) is 3.73. The van der Waals surface area contributed by atoms with Crippen LogP contribution in [0.15, 0.2) is 59.2 Å². The lowest BCUT2D eigenvalue weighted by atomic mass is 10.2. The molecule has 0 radical (unpaired) electrons. The molecule has 1 aromatic heterocycles. The summed E-state index contributed by atoms with van der Waals surface area (Å²) >= 11 is 8.47. The van der Waals surface area contributed by atoms with Gasteiger partial charge in [-0.1, -0.05) is 34.2 Å². The number of benzene rings is 2. The van der Waals surface area contributed by atoms with Gasteiger partial charge in [-0.3, -0.25) is 4.98 Å². The average molecular weight is 359 g/mol. The summed E-state index contributed by atoms with van der Waals surface area (Å²) in [5.41, 5.74) is 7.32. The Labute approximate surface area is 135 Å². The molecule has 0 atom stereocenters. The van der Waals surface area contributed by atoms with Crippen LogP contribution >= 0.6 is 28.1 Å². The molecule has 3 aromatic rings. The summed E-state index contributed by atoms with van der Waals surface area (Å²) < 4.78 is 6.81. The SMILES string of the molecule is NC(=S)c1cc(Br)ccc1Oc1ccc2cccnc2c1. The van der Waals surface area contributed by atoms with Gasteiger partial charge in [-0.2, -0.15) is 0 Å². The summed E-state index contributed by atoms with van der Waals surface area (Å²) in [5, 5.41) is 1.07. The number of nitrogens with two attached hydrogens (primary N) is 1. The molecule has 2 N–H and O–H groups in total. The number of fused-ring (bicyclic) bond motifs is 1. The van der Waals surface area contributed by atoms with Crippen molar-refractivity contribution in [2.45, 2.75) is 0 Å². The lowest BCUT2D eigenvalue weighted by Gasteiger charge is -2.11. The summed E-state index contributed by atoms with van der Waals surface area (Å²) in [5.74, 6) is 1.32. The van der Waals surface area contributed by atoms with Crippen LogP contribution in [0.2, 0.25) is 0 Å². The Balaban J connectivity index is 2.00. The highest BCUT2D eigenvalue weighted by atomic mass is 79.9. The monoisotopic (exact) mass is 358 g/mol. The van der Waals surface area contributed by atoms with Gasteiger partial charge in [0.1, 0.15) is 16.5 Å². The van der Waals surface area contributed by atoms with Crippen LogP contribution in [0.1, 0.15) is 5.56 Å². The molecule has 21 heavy (non-hydrogen) atoms. The lowest BCUT2D eigenvalue weighted by molar-refractivity contribution is 0.482. The van der Waals surface area contributed by atoms with Crippen molar-refractivity contribution in [3.63, 3.8) is 0 Å². The zero-order valence-corrected chi connectivity index (χ0v) is 13.3. The van der Waals surface area contributed by atoms with E-state index >= 15 is 0 Å². The quantitative estimate of drug-likeness (QED) is 0.703. The van der Waals surface area contributed by atoms with Crippen molar-refractivity contribution in [2.24, 2.45) is 5.73 Å². The predicted molar refractivity (Wildman–Crippen MR) is 91.8 cm³/mol. The summed E-state index contributed by atoms with van der Waals surface area (Å²) in [7, 11) is 0. The number of pyridine rings is 1. The van der Waals surface area contributed by atoms with Gasteiger partial charge in [0, 0.05) is 22.1 Å². The molecule has 1 heterocycles. The molecule has 0 saturated heterocycles. The van der Waals surface area contributed by atoms with E-state index in [1.54, 1.807) is 6.20 Å². The first kappa shape index (κ1) is 14.0. The molecule has 3 nitrogen and oxygen atoms in total. The maximum Gasteiger partial charge on any atom is 0.137 e. The van der Waals surface area contributed by atoms with Crippen LogP contribution in [0.5, 0.6) is 11.5 Å². The van der Waals surface area contributed by atoms with Gasteiger partial charge in [0.15, 0.2) is 0 Å². The fourth-order valence-electron chi connectivity index (χ4n) is 2.02. The van der Waals surface area contributed by atoms with Crippen molar-refractivity contribution in [3.05, 3.63) is 64.8 Å².